The van der Waals surface area contributed by atoms with Gasteiger partial charge in [0.25, 0.3) is 17.7 Å². The standard InChI is InChI=1S/C47H63N7O8S/c1-6-54(7-2)39-18-19-43(41(34-39)44-33-37(20-21-48-44)46(56)50-42-17-11-13-35-12-8-9-16-40(35)42)51-45(55)36-14-10-15-38(32-36)47(57)53(4)24-23-52(3)25-27-61-29-31-62-30-28-60-26-22-49-63(5,58)59/h8-10,12,14-16,18-21,32-34,42,49H,6-7,11,13,17,22-31H2,1-5H3,(H,50,56)(H,51,55). The molecule has 0 bridgehead atoms. The highest BCUT2D eigenvalue weighted by molar-refractivity contribution is 7.88. The van der Waals surface area contributed by atoms with Crippen LogP contribution < -0.4 is 20.3 Å². The van der Waals surface area contributed by atoms with Gasteiger partial charge in [0.2, 0.25) is 10.0 Å². The number of ether oxygens (including phenoxy) is 3. The Hall–Kier alpha value is -5.23. The number of carbonyl (C=O) groups is 3. The van der Waals surface area contributed by atoms with E-state index >= 15 is 0 Å². The average Bonchev–Trinajstić information content (AvgIpc) is 3.28. The van der Waals surface area contributed by atoms with Gasteiger partial charge in [-0.05, 0) is 99.8 Å². The molecule has 4 aromatic rings. The van der Waals surface area contributed by atoms with E-state index in [2.05, 4.69) is 56.1 Å². The first-order valence-electron chi connectivity index (χ1n) is 21.6. The minimum absolute atomic E-state index is 0.0708. The van der Waals surface area contributed by atoms with Gasteiger partial charge in [0.1, 0.15) is 0 Å². The molecule has 1 heterocycles. The van der Waals surface area contributed by atoms with Crippen LogP contribution >= 0.6 is 0 Å². The van der Waals surface area contributed by atoms with Gasteiger partial charge in [0.05, 0.1) is 63.3 Å². The first-order chi connectivity index (χ1) is 30.4. The van der Waals surface area contributed by atoms with Crippen molar-refractivity contribution in [2.75, 3.05) is 109 Å². The fourth-order valence-electron chi connectivity index (χ4n) is 7.31. The van der Waals surface area contributed by atoms with Crippen molar-refractivity contribution in [3.05, 3.63) is 113 Å². The largest absolute Gasteiger partial charge is 0.378 e. The summed E-state index contributed by atoms with van der Waals surface area (Å²) in [7, 11) is 0.478. The second kappa shape index (κ2) is 24.6. The number of nitrogens with one attached hydrogen (secondary N) is 3. The van der Waals surface area contributed by atoms with Gasteiger partial charge in [0.15, 0.2) is 0 Å². The number of aryl methyl sites for hydroxylation is 1. The summed E-state index contributed by atoms with van der Waals surface area (Å²) in [6, 6.07) is 24.2. The van der Waals surface area contributed by atoms with E-state index in [-0.39, 0.29) is 36.9 Å². The molecule has 16 heteroatoms. The maximum Gasteiger partial charge on any atom is 0.255 e. The SMILES string of the molecule is CCN(CC)c1ccc(NC(=O)c2cccc(C(=O)N(C)CCN(C)CCOCCOCCOCCNS(C)(=O)=O)c2)c(-c2cc(C(=O)NC3CCCc4ccccc43)ccn2)c1. The van der Waals surface area contributed by atoms with Crippen LogP contribution in [0.2, 0.25) is 0 Å². The van der Waals surface area contributed by atoms with Crippen molar-refractivity contribution < 1.29 is 37.0 Å². The monoisotopic (exact) mass is 885 g/mol. The predicted octanol–water partition coefficient (Wildman–Crippen LogP) is 5.26. The Bertz CT molecular complexity index is 2240. The highest BCUT2D eigenvalue weighted by atomic mass is 32.2. The second-order valence-electron chi connectivity index (χ2n) is 15.5. The van der Waals surface area contributed by atoms with Gasteiger partial charge >= 0.3 is 0 Å². The zero-order chi connectivity index (χ0) is 45.2. The molecule has 1 aromatic heterocycles. The fraction of sp³-hybridized carbons (Fsp3) is 0.447. The van der Waals surface area contributed by atoms with Gasteiger partial charge < -0.3 is 39.5 Å². The van der Waals surface area contributed by atoms with Crippen LogP contribution in [0.1, 0.15) is 74.9 Å². The Morgan fingerprint density at radius 1 is 0.762 bits per heavy atom. The molecule has 15 nitrogen and oxygen atoms in total. The van der Waals surface area contributed by atoms with E-state index < -0.39 is 10.0 Å². The van der Waals surface area contributed by atoms with Gasteiger partial charge in [-0.15, -0.1) is 0 Å². The van der Waals surface area contributed by atoms with Gasteiger partial charge in [-0.2, -0.15) is 0 Å². The first kappa shape index (κ1) is 48.8. The highest BCUT2D eigenvalue weighted by Crippen LogP contribution is 2.33. The molecule has 3 amide bonds. The maximum absolute atomic E-state index is 13.9. The quantitative estimate of drug-likeness (QED) is 0.0743. The molecule has 0 aliphatic heterocycles. The van der Waals surface area contributed by atoms with Crippen molar-refractivity contribution in [1.82, 2.24) is 24.8 Å². The first-order valence-corrected chi connectivity index (χ1v) is 23.5. The maximum atomic E-state index is 13.9. The van der Waals surface area contributed by atoms with E-state index in [9.17, 15) is 22.8 Å². The van der Waals surface area contributed by atoms with Crippen LogP contribution in [0.4, 0.5) is 11.4 Å². The summed E-state index contributed by atoms with van der Waals surface area (Å²) < 4.78 is 40.9. The normalized spacial score (nSPS) is 13.7. The van der Waals surface area contributed by atoms with Gasteiger partial charge in [0, 0.05) is 80.5 Å². The van der Waals surface area contributed by atoms with Crippen molar-refractivity contribution >= 4 is 39.1 Å². The summed E-state index contributed by atoms with van der Waals surface area (Å²) in [5.74, 6) is -0.773. The number of rotatable bonds is 25. The molecular formula is C47H63N7O8S. The summed E-state index contributed by atoms with van der Waals surface area (Å²) >= 11 is 0. The summed E-state index contributed by atoms with van der Waals surface area (Å²) in [4.78, 5) is 51.7. The van der Waals surface area contributed by atoms with Crippen molar-refractivity contribution in [2.45, 2.75) is 39.2 Å². The Kier molecular flexibility index (Phi) is 19.0. The van der Waals surface area contributed by atoms with Crippen molar-refractivity contribution in [3.63, 3.8) is 0 Å². The third kappa shape index (κ3) is 15.2. The molecule has 0 saturated heterocycles. The van der Waals surface area contributed by atoms with Gasteiger partial charge in [-0.1, -0.05) is 30.3 Å². The Labute approximate surface area is 372 Å². The molecule has 1 unspecified atom stereocenters. The molecular weight excluding hydrogens is 823 g/mol. The number of pyridine rings is 1. The lowest BCUT2D eigenvalue weighted by molar-refractivity contribution is 0.0124. The average molecular weight is 886 g/mol. The lowest BCUT2D eigenvalue weighted by Crippen LogP contribution is -2.36. The van der Waals surface area contributed by atoms with Crippen LogP contribution in [0.15, 0.2) is 85.1 Å². The highest BCUT2D eigenvalue weighted by Gasteiger charge is 2.23. The number of likely N-dealkylation sites (N-methyl/N-ethyl adjacent to an activating group) is 2. The van der Waals surface area contributed by atoms with E-state index in [1.807, 2.05) is 37.4 Å². The smallest absolute Gasteiger partial charge is 0.255 e. The van der Waals surface area contributed by atoms with Crippen molar-refractivity contribution in [1.29, 1.82) is 0 Å². The molecule has 1 aliphatic rings. The lowest BCUT2D eigenvalue weighted by atomic mass is 9.87. The third-order valence-corrected chi connectivity index (χ3v) is 11.6. The Morgan fingerprint density at radius 2 is 1.46 bits per heavy atom. The minimum Gasteiger partial charge on any atom is -0.378 e. The number of nitrogens with zero attached hydrogens (tertiary/aromatic N) is 4. The fourth-order valence-corrected chi connectivity index (χ4v) is 7.76. The molecule has 0 radical (unpaired) electrons. The number of fused-ring (bicyclic) bond motifs is 1. The number of aromatic nitrogens is 1. The number of carbonyl (C=O) groups excluding carboxylic acids is 3. The van der Waals surface area contributed by atoms with Crippen LogP contribution in [-0.4, -0.2) is 140 Å². The van der Waals surface area contributed by atoms with E-state index in [0.29, 0.717) is 86.3 Å². The zero-order valence-electron chi connectivity index (χ0n) is 37.2. The van der Waals surface area contributed by atoms with E-state index in [1.54, 1.807) is 54.5 Å². The number of anilines is 2. The van der Waals surface area contributed by atoms with Crippen molar-refractivity contribution in [2.24, 2.45) is 0 Å². The minimum atomic E-state index is -3.22. The van der Waals surface area contributed by atoms with Gasteiger partial charge in [-0.25, -0.2) is 13.1 Å². The van der Waals surface area contributed by atoms with Gasteiger partial charge in [-0.3, -0.25) is 19.4 Å². The summed E-state index contributed by atoms with van der Waals surface area (Å²) in [6.45, 7) is 10.1. The number of hydrogen-bond acceptors (Lipinski definition) is 11. The second-order valence-corrected chi connectivity index (χ2v) is 17.4. The molecule has 1 aliphatic carbocycles. The Morgan fingerprint density at radius 3 is 2.21 bits per heavy atom. The molecule has 3 aromatic carbocycles. The zero-order valence-corrected chi connectivity index (χ0v) is 38.0. The molecule has 340 valence electrons. The van der Waals surface area contributed by atoms with E-state index in [0.717, 1.165) is 49.9 Å². The van der Waals surface area contributed by atoms with Crippen molar-refractivity contribution in [3.8, 4) is 11.3 Å². The molecule has 1 atom stereocenters. The molecule has 0 saturated carbocycles. The summed E-state index contributed by atoms with van der Waals surface area (Å²) in [5, 5.41) is 6.31. The third-order valence-electron chi connectivity index (χ3n) is 10.9. The summed E-state index contributed by atoms with van der Waals surface area (Å²) in [5.41, 5.74) is 6.32. The Balaban J connectivity index is 1.14. The topological polar surface area (TPSA) is 172 Å². The summed E-state index contributed by atoms with van der Waals surface area (Å²) in [6.07, 6.45) is 5.61. The molecule has 0 fully saturated rings. The van der Waals surface area contributed by atoms with E-state index in [1.165, 1.54) is 5.56 Å². The number of hydrogen-bond donors (Lipinski definition) is 3. The lowest BCUT2D eigenvalue weighted by Gasteiger charge is -2.26. The molecule has 5 rings (SSSR count). The van der Waals surface area contributed by atoms with Crippen LogP contribution in [-0.2, 0) is 30.7 Å². The molecule has 0 spiro atoms. The van der Waals surface area contributed by atoms with Crippen LogP contribution in [0.5, 0.6) is 0 Å². The molecule has 63 heavy (non-hydrogen) atoms. The van der Waals surface area contributed by atoms with Crippen LogP contribution in [0.3, 0.4) is 0 Å². The number of benzene rings is 3. The molecule has 3 N–H and O–H groups in total. The predicted molar refractivity (Wildman–Crippen MR) is 247 cm³/mol. The number of sulfonamides is 1. The number of amides is 3. The van der Waals surface area contributed by atoms with Crippen LogP contribution in [0.25, 0.3) is 11.3 Å². The van der Waals surface area contributed by atoms with E-state index in [4.69, 9.17) is 14.2 Å². The van der Waals surface area contributed by atoms with Crippen LogP contribution in [0, 0.1) is 0 Å².